The molecule has 2 N–H and O–H groups in total. The van der Waals surface area contributed by atoms with E-state index in [1.165, 1.54) is 30.5 Å². The standard InChI is InChI=1S/C23H24ClN3O6S2/c1-3-32-21(28)19(22(29)33-4-2)20(15-5-7-16(24)8-6-15)26-17-9-11-18(12-10-17)35(30,31)27-23-25-13-14-34-23/h5-14,19-20,26H,3-4H2,1-2H3,(H,25,27)/t20-/m0/s1. The Morgan fingerprint density at radius 3 is 2.11 bits per heavy atom. The van der Waals surface area contributed by atoms with Crippen molar-refractivity contribution in [1.29, 1.82) is 0 Å². The number of hydrogen-bond acceptors (Lipinski definition) is 9. The van der Waals surface area contributed by atoms with Gasteiger partial charge in [0.15, 0.2) is 11.0 Å². The number of ether oxygens (including phenoxy) is 2. The normalized spacial score (nSPS) is 12.1. The zero-order chi connectivity index (χ0) is 25.4. The van der Waals surface area contributed by atoms with E-state index in [4.69, 9.17) is 21.1 Å². The fourth-order valence-corrected chi connectivity index (χ4v) is 5.13. The Hall–Kier alpha value is -3.15. The van der Waals surface area contributed by atoms with E-state index in [1.54, 1.807) is 43.5 Å². The monoisotopic (exact) mass is 537 g/mol. The highest BCUT2D eigenvalue weighted by atomic mass is 35.5. The van der Waals surface area contributed by atoms with Gasteiger partial charge in [-0.15, -0.1) is 11.3 Å². The van der Waals surface area contributed by atoms with Gasteiger partial charge in [0.2, 0.25) is 0 Å². The quantitative estimate of drug-likeness (QED) is 0.271. The molecule has 9 nitrogen and oxygen atoms in total. The summed E-state index contributed by atoms with van der Waals surface area (Å²) in [6.07, 6.45) is 1.50. The molecule has 35 heavy (non-hydrogen) atoms. The first-order valence-electron chi connectivity index (χ1n) is 10.6. The molecular weight excluding hydrogens is 514 g/mol. The largest absolute Gasteiger partial charge is 0.465 e. The molecule has 0 aliphatic carbocycles. The number of benzene rings is 2. The van der Waals surface area contributed by atoms with Crippen LogP contribution in [0.3, 0.4) is 0 Å². The Kier molecular flexibility index (Phi) is 9.07. The van der Waals surface area contributed by atoms with Crippen molar-refractivity contribution < 1.29 is 27.5 Å². The molecule has 3 aromatic rings. The number of sulfonamides is 1. The van der Waals surface area contributed by atoms with Crippen molar-refractivity contribution in [2.45, 2.75) is 24.8 Å². The van der Waals surface area contributed by atoms with Crippen molar-refractivity contribution in [3.63, 3.8) is 0 Å². The minimum atomic E-state index is -3.84. The van der Waals surface area contributed by atoms with Crippen LogP contribution in [0.25, 0.3) is 0 Å². The summed E-state index contributed by atoms with van der Waals surface area (Å²) in [6, 6.07) is 11.6. The highest BCUT2D eigenvalue weighted by Crippen LogP contribution is 2.31. The molecule has 0 aliphatic heterocycles. The van der Waals surface area contributed by atoms with Crippen LogP contribution in [0.1, 0.15) is 25.5 Å². The van der Waals surface area contributed by atoms with Crippen molar-refractivity contribution >= 4 is 55.7 Å². The van der Waals surface area contributed by atoms with Gasteiger partial charge in [-0.25, -0.2) is 13.4 Å². The van der Waals surface area contributed by atoms with E-state index in [2.05, 4.69) is 15.0 Å². The second-order valence-electron chi connectivity index (χ2n) is 7.12. The van der Waals surface area contributed by atoms with Crippen molar-refractivity contribution in [3.8, 4) is 0 Å². The molecular formula is C23H24ClN3O6S2. The number of halogens is 1. The van der Waals surface area contributed by atoms with E-state index in [0.717, 1.165) is 11.3 Å². The lowest BCUT2D eigenvalue weighted by molar-refractivity contribution is -0.162. The summed E-state index contributed by atoms with van der Waals surface area (Å²) in [6.45, 7) is 3.45. The highest BCUT2D eigenvalue weighted by molar-refractivity contribution is 7.93. The molecule has 186 valence electrons. The summed E-state index contributed by atoms with van der Waals surface area (Å²) in [5, 5.41) is 5.54. The Morgan fingerprint density at radius 2 is 1.60 bits per heavy atom. The molecule has 0 aliphatic rings. The lowest BCUT2D eigenvalue weighted by Crippen LogP contribution is -2.36. The predicted octanol–water partition coefficient (Wildman–Crippen LogP) is 4.49. The number of hydrogen-bond donors (Lipinski definition) is 2. The van der Waals surface area contributed by atoms with Gasteiger partial charge in [-0.3, -0.25) is 14.3 Å². The molecule has 0 spiro atoms. The average molecular weight is 538 g/mol. The first-order valence-corrected chi connectivity index (χ1v) is 13.4. The van der Waals surface area contributed by atoms with Crippen LogP contribution in [-0.4, -0.2) is 38.6 Å². The predicted molar refractivity (Wildman–Crippen MR) is 134 cm³/mol. The Morgan fingerprint density at radius 1 is 1.00 bits per heavy atom. The van der Waals surface area contributed by atoms with Gasteiger partial charge >= 0.3 is 11.9 Å². The third-order valence-electron chi connectivity index (χ3n) is 4.78. The highest BCUT2D eigenvalue weighted by Gasteiger charge is 2.38. The molecule has 0 unspecified atom stereocenters. The molecule has 1 aromatic heterocycles. The number of nitrogens with zero attached hydrogens (tertiary/aromatic N) is 1. The summed E-state index contributed by atoms with van der Waals surface area (Å²) in [4.78, 5) is 29.5. The van der Waals surface area contributed by atoms with Gasteiger partial charge in [-0.2, -0.15) is 0 Å². The first-order chi connectivity index (χ1) is 16.7. The topological polar surface area (TPSA) is 124 Å². The van der Waals surface area contributed by atoms with E-state index in [9.17, 15) is 18.0 Å². The Balaban J connectivity index is 1.93. The fraction of sp³-hybridized carbons (Fsp3) is 0.261. The maximum atomic E-state index is 12.8. The number of nitrogens with one attached hydrogen (secondary N) is 2. The van der Waals surface area contributed by atoms with Crippen molar-refractivity contribution in [3.05, 3.63) is 70.7 Å². The minimum Gasteiger partial charge on any atom is -0.465 e. The summed E-state index contributed by atoms with van der Waals surface area (Å²) in [5.74, 6) is -2.80. The van der Waals surface area contributed by atoms with Crippen LogP contribution in [0.15, 0.2) is 65.0 Å². The smallest absolute Gasteiger partial charge is 0.322 e. The molecule has 2 aromatic carbocycles. The van der Waals surface area contributed by atoms with E-state index < -0.39 is 33.9 Å². The summed E-state index contributed by atoms with van der Waals surface area (Å²) in [7, 11) is -3.84. The molecule has 0 amide bonds. The van der Waals surface area contributed by atoms with Crippen LogP contribution >= 0.6 is 22.9 Å². The van der Waals surface area contributed by atoms with Gasteiger partial charge in [-0.1, -0.05) is 23.7 Å². The van der Waals surface area contributed by atoms with Gasteiger partial charge in [0.05, 0.1) is 24.2 Å². The SMILES string of the molecule is CCOC(=O)C(C(=O)OCC)[C@@H](Nc1ccc(S(=O)(=O)Nc2nccs2)cc1)c1ccc(Cl)cc1. The third kappa shape index (κ3) is 6.93. The van der Waals surface area contributed by atoms with Gasteiger partial charge in [0.25, 0.3) is 10.0 Å². The Bertz CT molecular complexity index is 1220. The molecule has 1 heterocycles. The molecule has 0 bridgehead atoms. The van der Waals surface area contributed by atoms with Gasteiger partial charge in [0.1, 0.15) is 0 Å². The molecule has 0 fully saturated rings. The van der Waals surface area contributed by atoms with E-state index in [0.29, 0.717) is 16.3 Å². The van der Waals surface area contributed by atoms with Gasteiger partial charge < -0.3 is 14.8 Å². The number of esters is 2. The number of aromatic nitrogens is 1. The molecule has 0 saturated carbocycles. The van der Waals surface area contributed by atoms with E-state index in [1.807, 2.05) is 0 Å². The summed E-state index contributed by atoms with van der Waals surface area (Å²) >= 11 is 7.18. The van der Waals surface area contributed by atoms with Crippen molar-refractivity contribution in [2.75, 3.05) is 23.3 Å². The average Bonchev–Trinajstić information content (AvgIpc) is 3.32. The summed E-state index contributed by atoms with van der Waals surface area (Å²) in [5.41, 5.74) is 1.05. The second-order valence-corrected chi connectivity index (χ2v) is 10.1. The Labute approximate surface area is 212 Å². The fourth-order valence-electron chi connectivity index (χ4n) is 3.22. The minimum absolute atomic E-state index is 0.0219. The van der Waals surface area contributed by atoms with Crippen LogP contribution in [-0.2, 0) is 29.1 Å². The van der Waals surface area contributed by atoms with E-state index >= 15 is 0 Å². The van der Waals surface area contributed by atoms with Gasteiger partial charge in [0, 0.05) is 22.3 Å². The van der Waals surface area contributed by atoms with Crippen LogP contribution in [0.4, 0.5) is 10.8 Å². The molecule has 3 rings (SSSR count). The van der Waals surface area contributed by atoms with Crippen LogP contribution in [0, 0.1) is 5.92 Å². The lowest BCUT2D eigenvalue weighted by atomic mass is 9.92. The number of anilines is 2. The zero-order valence-corrected chi connectivity index (χ0v) is 21.3. The van der Waals surface area contributed by atoms with Crippen molar-refractivity contribution in [1.82, 2.24) is 4.98 Å². The number of carbonyl (C=O) groups is 2. The van der Waals surface area contributed by atoms with Crippen LogP contribution in [0.5, 0.6) is 0 Å². The maximum Gasteiger partial charge on any atom is 0.322 e. The number of thiazole rings is 1. The molecule has 0 radical (unpaired) electrons. The molecule has 12 heteroatoms. The molecule has 1 atom stereocenters. The van der Waals surface area contributed by atoms with Crippen molar-refractivity contribution in [2.24, 2.45) is 5.92 Å². The lowest BCUT2D eigenvalue weighted by Gasteiger charge is -2.26. The van der Waals surface area contributed by atoms with Gasteiger partial charge in [-0.05, 0) is 55.8 Å². The summed E-state index contributed by atoms with van der Waals surface area (Å²) < 4.78 is 37.9. The van der Waals surface area contributed by atoms with E-state index in [-0.39, 0.29) is 23.2 Å². The zero-order valence-electron chi connectivity index (χ0n) is 18.9. The first kappa shape index (κ1) is 26.5. The number of carbonyl (C=O) groups excluding carboxylic acids is 2. The third-order valence-corrected chi connectivity index (χ3v) is 7.21. The number of rotatable bonds is 11. The van der Waals surface area contributed by atoms with Crippen LogP contribution < -0.4 is 10.0 Å². The van der Waals surface area contributed by atoms with Crippen LogP contribution in [0.2, 0.25) is 5.02 Å². The second kappa shape index (κ2) is 12.0. The molecule has 0 saturated heterocycles. The maximum absolute atomic E-state index is 12.8.